The summed E-state index contributed by atoms with van der Waals surface area (Å²) in [7, 11) is 0. The van der Waals surface area contributed by atoms with Gasteiger partial charge in [-0.05, 0) is 47.6 Å². The van der Waals surface area contributed by atoms with E-state index in [9.17, 15) is 0 Å². The third-order valence-corrected chi connectivity index (χ3v) is 9.63. The SMILES string of the molecule is CC1=CCC(C2(C(C)(C)C)[C-]=C3C=c4cc(C(C)(C)C)ccc4=C3C=C2)=C1C.Cl.Cl.[Zr]=[C]1CCCCC1. The molecule has 1 saturated carbocycles. The van der Waals surface area contributed by atoms with Crippen molar-refractivity contribution in [3.05, 3.63) is 80.8 Å². The van der Waals surface area contributed by atoms with E-state index in [-0.39, 0.29) is 41.1 Å². The van der Waals surface area contributed by atoms with Gasteiger partial charge in [0.15, 0.2) is 0 Å². The van der Waals surface area contributed by atoms with Gasteiger partial charge < -0.3 is 0 Å². The molecule has 5 rings (SSSR count). The molecule has 0 N–H and O–H groups in total. The summed E-state index contributed by atoms with van der Waals surface area (Å²) in [5.74, 6) is 0. The Kier molecular flexibility index (Phi) is 10.7. The van der Waals surface area contributed by atoms with Crippen molar-refractivity contribution in [3.63, 3.8) is 0 Å². The Hall–Kier alpha value is -0.747. The van der Waals surface area contributed by atoms with Crippen LogP contribution in [0, 0.1) is 16.9 Å². The Morgan fingerprint density at radius 2 is 1.57 bits per heavy atom. The van der Waals surface area contributed by atoms with Gasteiger partial charge >= 0.3 is 59.5 Å². The van der Waals surface area contributed by atoms with Gasteiger partial charge in [0.2, 0.25) is 0 Å². The van der Waals surface area contributed by atoms with Crippen LogP contribution in [-0.2, 0) is 29.7 Å². The molecule has 0 amide bonds. The molecule has 3 heteroatoms. The summed E-state index contributed by atoms with van der Waals surface area (Å²) in [5, 5.41) is 2.69. The van der Waals surface area contributed by atoms with Gasteiger partial charge in [0.05, 0.1) is 0 Å². The van der Waals surface area contributed by atoms with Crippen molar-refractivity contribution in [3.8, 4) is 0 Å². The van der Waals surface area contributed by atoms with E-state index < -0.39 is 0 Å². The predicted molar refractivity (Wildman–Crippen MR) is 164 cm³/mol. The monoisotopic (exact) mass is 613 g/mol. The van der Waals surface area contributed by atoms with Crippen LogP contribution in [0.1, 0.15) is 99.5 Å². The second kappa shape index (κ2) is 12.2. The Balaban J connectivity index is 0.000000466. The molecule has 1 fully saturated rings. The fraction of sp³-hybridized carbons (Fsp3) is 0.500. The molecule has 4 aliphatic rings. The summed E-state index contributed by atoms with van der Waals surface area (Å²) in [4.78, 5) is 0. The van der Waals surface area contributed by atoms with Gasteiger partial charge in [-0.25, -0.2) is 0 Å². The van der Waals surface area contributed by atoms with E-state index in [1.165, 1.54) is 76.0 Å². The summed E-state index contributed by atoms with van der Waals surface area (Å²) >= 11 is 1.69. The first kappa shape index (κ1) is 32.5. The maximum atomic E-state index is 4.01. The van der Waals surface area contributed by atoms with Gasteiger partial charge in [-0.2, -0.15) is 17.7 Å². The normalized spacial score (nSPS) is 22.5. The van der Waals surface area contributed by atoms with Crippen molar-refractivity contribution < 1.29 is 24.2 Å². The van der Waals surface area contributed by atoms with Crippen molar-refractivity contribution in [2.45, 2.75) is 99.3 Å². The summed E-state index contributed by atoms with van der Waals surface area (Å²) in [6.45, 7) is 18.4. The molecule has 0 radical (unpaired) electrons. The quantitative estimate of drug-likeness (QED) is 0.278. The van der Waals surface area contributed by atoms with Crippen LogP contribution in [0.2, 0.25) is 0 Å². The van der Waals surface area contributed by atoms with E-state index >= 15 is 0 Å². The molecule has 1 atom stereocenters. The molecule has 37 heavy (non-hydrogen) atoms. The van der Waals surface area contributed by atoms with E-state index in [1.807, 2.05) is 0 Å². The fourth-order valence-corrected chi connectivity index (χ4v) is 6.69. The van der Waals surface area contributed by atoms with Crippen LogP contribution in [0.5, 0.6) is 0 Å². The predicted octanol–water partition coefficient (Wildman–Crippen LogP) is 8.44. The third-order valence-electron chi connectivity index (χ3n) is 8.40. The average molecular weight is 616 g/mol. The Bertz CT molecular complexity index is 1280. The van der Waals surface area contributed by atoms with Crippen molar-refractivity contribution in [1.29, 1.82) is 0 Å². The Labute approximate surface area is 253 Å². The van der Waals surface area contributed by atoms with E-state index in [0.717, 1.165) is 6.42 Å². The number of halogens is 2. The molecule has 0 bridgehead atoms. The summed E-state index contributed by atoms with van der Waals surface area (Å²) in [6.07, 6.45) is 21.9. The van der Waals surface area contributed by atoms with E-state index in [2.05, 4.69) is 104 Å². The third kappa shape index (κ3) is 6.53. The van der Waals surface area contributed by atoms with Crippen LogP contribution in [0.15, 0.2) is 58.7 Å². The van der Waals surface area contributed by atoms with Crippen LogP contribution >= 0.6 is 24.8 Å². The number of hydrogen-bond donors (Lipinski definition) is 0. The standard InChI is InChI=1S/C28H33.C6H10.2ClH.Zr/c1-18-9-12-25(19(18)2)28(27(6,7)8)14-13-24-21(17-28)15-20-16-22(26(3,4)5)10-11-23(20)24;1-2-4-6-5-3-1;;;/h9-11,13-16H,12H2,1-8H3;1-5H2;2*1H;/q-1;;;;. The maximum absolute atomic E-state index is 4.01. The van der Waals surface area contributed by atoms with Gasteiger partial charge in [-0.15, -0.1) is 36.5 Å². The van der Waals surface area contributed by atoms with Crippen molar-refractivity contribution >= 4 is 39.7 Å². The first-order chi connectivity index (χ1) is 16.3. The number of fused-ring (bicyclic) bond motifs is 2. The first-order valence-electron chi connectivity index (χ1n) is 13.5. The molecular weight excluding hydrogens is 571 g/mol. The van der Waals surface area contributed by atoms with Gasteiger partial charge in [0.25, 0.3) is 0 Å². The van der Waals surface area contributed by atoms with Crippen LogP contribution in [-0.4, -0.2) is 3.21 Å². The first-order valence-corrected chi connectivity index (χ1v) is 14.7. The van der Waals surface area contributed by atoms with Crippen molar-refractivity contribution in [2.24, 2.45) is 10.8 Å². The number of benzene rings is 1. The zero-order valence-corrected chi connectivity index (χ0v) is 28.2. The molecule has 0 aromatic heterocycles. The van der Waals surface area contributed by atoms with Crippen molar-refractivity contribution in [1.82, 2.24) is 0 Å². The molecule has 1 unspecified atom stereocenters. The topological polar surface area (TPSA) is 0 Å². The number of allylic oxidation sites excluding steroid dienone is 8. The van der Waals surface area contributed by atoms with Crippen LogP contribution in [0.25, 0.3) is 11.6 Å². The summed E-state index contributed by atoms with van der Waals surface area (Å²) in [6, 6.07) is 6.96. The summed E-state index contributed by atoms with van der Waals surface area (Å²) < 4.78 is 1.80. The molecule has 0 spiro atoms. The minimum absolute atomic E-state index is 0. The van der Waals surface area contributed by atoms with Gasteiger partial charge in [0.1, 0.15) is 0 Å². The zero-order chi connectivity index (χ0) is 25.6. The molecule has 0 nitrogen and oxygen atoms in total. The Morgan fingerprint density at radius 1 is 0.919 bits per heavy atom. The molecule has 200 valence electrons. The molecule has 0 heterocycles. The Morgan fingerprint density at radius 3 is 2.05 bits per heavy atom. The van der Waals surface area contributed by atoms with E-state index in [4.69, 9.17) is 0 Å². The van der Waals surface area contributed by atoms with Gasteiger partial charge in [-0.3, -0.25) is 0 Å². The second-order valence-corrected chi connectivity index (χ2v) is 14.6. The fourth-order valence-electron chi connectivity index (χ4n) is 5.82. The van der Waals surface area contributed by atoms with Crippen LogP contribution in [0.3, 0.4) is 0 Å². The average Bonchev–Trinajstić information content (AvgIpc) is 3.31. The molecule has 1 aromatic carbocycles. The molecule has 0 saturated heterocycles. The van der Waals surface area contributed by atoms with E-state index in [1.54, 1.807) is 27.4 Å². The second-order valence-electron chi connectivity index (χ2n) is 12.9. The molecule has 1 aromatic rings. The zero-order valence-electron chi connectivity index (χ0n) is 24.1. The van der Waals surface area contributed by atoms with Crippen molar-refractivity contribution in [2.75, 3.05) is 0 Å². The number of rotatable bonds is 1. The van der Waals surface area contributed by atoms with Crippen LogP contribution < -0.4 is 10.4 Å². The van der Waals surface area contributed by atoms with E-state index in [0.29, 0.717) is 0 Å². The van der Waals surface area contributed by atoms with Gasteiger partial charge in [-0.1, -0.05) is 93.5 Å². The molecular formula is C34H45Cl2Zr-. The van der Waals surface area contributed by atoms with Gasteiger partial charge in [0, 0.05) is 0 Å². The van der Waals surface area contributed by atoms with Crippen LogP contribution in [0.4, 0.5) is 0 Å². The number of hydrogen-bond acceptors (Lipinski definition) is 0. The summed E-state index contributed by atoms with van der Waals surface area (Å²) in [5.41, 5.74) is 8.44. The molecule has 0 aliphatic heterocycles. The minimum atomic E-state index is -0.157. The molecule has 4 aliphatic carbocycles.